The van der Waals surface area contributed by atoms with Gasteiger partial charge in [0.2, 0.25) is 5.78 Å². The molecule has 186 valence electrons. The molecule has 37 heavy (non-hydrogen) atoms. The molecule has 4 aromatic rings. The molecule has 0 saturated carbocycles. The lowest BCUT2D eigenvalue weighted by molar-refractivity contribution is -0.0331. The second kappa shape index (κ2) is 9.05. The van der Waals surface area contributed by atoms with Crippen LogP contribution in [-0.2, 0) is 16.9 Å². The van der Waals surface area contributed by atoms with E-state index in [1.54, 1.807) is 52.2 Å². The van der Waals surface area contributed by atoms with E-state index in [9.17, 15) is 14.4 Å². The van der Waals surface area contributed by atoms with Gasteiger partial charge >= 0.3 is 6.09 Å². The summed E-state index contributed by atoms with van der Waals surface area (Å²) < 4.78 is 7.55. The molecule has 0 bridgehead atoms. The van der Waals surface area contributed by atoms with Crippen LogP contribution in [0.25, 0.3) is 10.9 Å². The number of piperidine rings is 1. The van der Waals surface area contributed by atoms with Crippen LogP contribution in [0.1, 0.15) is 39.3 Å². The number of rotatable bonds is 4. The lowest BCUT2D eigenvalue weighted by atomic mass is 9.82. The minimum Gasteiger partial charge on any atom is -0.438 e. The van der Waals surface area contributed by atoms with Gasteiger partial charge in [-0.1, -0.05) is 41.9 Å². The number of halogens is 1. The van der Waals surface area contributed by atoms with Crippen LogP contribution >= 0.6 is 11.6 Å². The number of ether oxygens (including phenoxy) is 1. The van der Waals surface area contributed by atoms with Crippen LogP contribution in [0.5, 0.6) is 0 Å². The Morgan fingerprint density at radius 3 is 2.62 bits per heavy atom. The topological polar surface area (TPSA) is 93.5 Å². The number of amides is 2. The predicted octanol–water partition coefficient (Wildman–Crippen LogP) is 5.27. The van der Waals surface area contributed by atoms with Crippen LogP contribution in [-0.4, -0.2) is 45.3 Å². The van der Waals surface area contributed by atoms with Gasteiger partial charge in [0.25, 0.3) is 5.91 Å². The van der Waals surface area contributed by atoms with Crippen LogP contribution in [0.15, 0.2) is 73.1 Å². The number of hydrogen-bond acceptors (Lipinski definition) is 5. The highest BCUT2D eigenvalue weighted by Crippen LogP contribution is 2.43. The van der Waals surface area contributed by atoms with Gasteiger partial charge < -0.3 is 14.2 Å². The first-order chi connectivity index (χ1) is 17.9. The van der Waals surface area contributed by atoms with E-state index in [4.69, 9.17) is 16.3 Å². The molecule has 2 aromatic carbocycles. The summed E-state index contributed by atoms with van der Waals surface area (Å²) in [6.07, 6.45) is 3.80. The van der Waals surface area contributed by atoms with Crippen LogP contribution in [0.4, 0.5) is 10.5 Å². The first-order valence-electron chi connectivity index (χ1n) is 12.0. The second-order valence-corrected chi connectivity index (χ2v) is 9.75. The summed E-state index contributed by atoms with van der Waals surface area (Å²) in [6, 6.07) is 18.1. The van der Waals surface area contributed by atoms with E-state index >= 15 is 0 Å². The molecule has 2 aromatic heterocycles. The Balaban J connectivity index is 1.27. The Labute approximate surface area is 217 Å². The van der Waals surface area contributed by atoms with Crippen molar-refractivity contribution in [1.82, 2.24) is 14.5 Å². The van der Waals surface area contributed by atoms with Gasteiger partial charge in [-0.15, -0.1) is 0 Å². The number of hydrogen-bond donors (Lipinski definition) is 1. The quantitative estimate of drug-likeness (QED) is 0.375. The van der Waals surface area contributed by atoms with Crippen LogP contribution in [0, 0.1) is 0 Å². The van der Waals surface area contributed by atoms with Gasteiger partial charge in [-0.2, -0.15) is 0 Å². The van der Waals surface area contributed by atoms with Crippen LogP contribution < -0.4 is 5.32 Å². The van der Waals surface area contributed by atoms with Gasteiger partial charge in [-0.05, 0) is 30.3 Å². The number of pyridine rings is 1. The third-order valence-corrected chi connectivity index (χ3v) is 7.38. The van der Waals surface area contributed by atoms with E-state index in [1.165, 1.54) is 0 Å². The Hall–Kier alpha value is -4.17. The zero-order valence-corrected chi connectivity index (χ0v) is 20.6. The highest BCUT2D eigenvalue weighted by Gasteiger charge is 2.45. The molecule has 6 rings (SSSR count). The maximum atomic E-state index is 13.7. The average Bonchev–Trinajstić information content (AvgIpc) is 3.26. The third-order valence-electron chi connectivity index (χ3n) is 7.14. The lowest BCUT2D eigenvalue weighted by Gasteiger charge is -2.44. The minimum absolute atomic E-state index is 0.0317. The fourth-order valence-electron chi connectivity index (χ4n) is 5.30. The first-order valence-corrected chi connectivity index (χ1v) is 12.4. The van der Waals surface area contributed by atoms with E-state index in [-0.39, 0.29) is 18.2 Å². The number of fused-ring (bicyclic) bond motifs is 3. The third kappa shape index (κ3) is 4.13. The van der Waals surface area contributed by atoms with E-state index in [1.807, 2.05) is 30.3 Å². The van der Waals surface area contributed by atoms with Gasteiger partial charge in [0.1, 0.15) is 11.3 Å². The van der Waals surface area contributed by atoms with Crippen molar-refractivity contribution in [2.45, 2.75) is 25.0 Å². The molecule has 8 nitrogen and oxygen atoms in total. The number of benzene rings is 2. The van der Waals surface area contributed by atoms with Crippen molar-refractivity contribution in [2.75, 3.05) is 18.4 Å². The van der Waals surface area contributed by atoms with Crippen molar-refractivity contribution >= 4 is 46.0 Å². The van der Waals surface area contributed by atoms with E-state index in [0.717, 1.165) is 16.6 Å². The standard InChI is InChI=1S/C28H23ClN4O4/c29-18-8-9-19-20(16-33(24(19)15-18)17-25(34)23-7-3-4-12-30-23)26(35)32-13-10-28(11-14-32)21-5-1-2-6-22(21)31-27(36)37-28/h1-9,12,15-16H,10-11,13-14,17H2,(H,31,36). The molecular formula is C28H23ClN4O4. The zero-order chi connectivity index (χ0) is 25.6. The zero-order valence-electron chi connectivity index (χ0n) is 19.8. The molecule has 4 heterocycles. The Morgan fingerprint density at radius 1 is 1.05 bits per heavy atom. The predicted molar refractivity (Wildman–Crippen MR) is 139 cm³/mol. The molecule has 1 fully saturated rings. The van der Waals surface area contributed by atoms with Crippen molar-refractivity contribution in [1.29, 1.82) is 0 Å². The smallest absolute Gasteiger partial charge is 0.412 e. The number of likely N-dealkylation sites (tertiary alicyclic amines) is 1. The number of aromatic nitrogens is 2. The molecule has 1 spiro atoms. The summed E-state index contributed by atoms with van der Waals surface area (Å²) in [5, 5.41) is 4.00. The molecule has 1 N–H and O–H groups in total. The van der Waals surface area contributed by atoms with Crippen molar-refractivity contribution < 1.29 is 19.1 Å². The summed E-state index contributed by atoms with van der Waals surface area (Å²) in [6.45, 7) is 0.880. The number of anilines is 1. The Morgan fingerprint density at radius 2 is 1.84 bits per heavy atom. The summed E-state index contributed by atoms with van der Waals surface area (Å²) in [7, 11) is 0. The van der Waals surface area contributed by atoms with Gasteiger partial charge in [0, 0.05) is 54.3 Å². The average molecular weight is 515 g/mol. The Bertz CT molecular complexity index is 1540. The van der Waals surface area contributed by atoms with E-state index in [0.29, 0.717) is 47.7 Å². The van der Waals surface area contributed by atoms with Gasteiger partial charge in [-0.3, -0.25) is 19.9 Å². The van der Waals surface area contributed by atoms with Gasteiger partial charge in [0.15, 0.2) is 0 Å². The highest BCUT2D eigenvalue weighted by molar-refractivity contribution is 6.31. The fourth-order valence-corrected chi connectivity index (χ4v) is 5.47. The first kappa shape index (κ1) is 23.2. The Kier molecular flexibility index (Phi) is 5.68. The van der Waals surface area contributed by atoms with Crippen molar-refractivity contribution in [3.8, 4) is 0 Å². The van der Waals surface area contributed by atoms with E-state index < -0.39 is 11.7 Å². The lowest BCUT2D eigenvalue weighted by Crippen LogP contribution is -2.49. The summed E-state index contributed by atoms with van der Waals surface area (Å²) >= 11 is 6.26. The second-order valence-electron chi connectivity index (χ2n) is 9.32. The van der Waals surface area contributed by atoms with Gasteiger partial charge in [-0.25, -0.2) is 4.79 Å². The summed E-state index contributed by atoms with van der Waals surface area (Å²) in [5.41, 5.74) is 2.48. The summed E-state index contributed by atoms with van der Waals surface area (Å²) in [5.74, 6) is -0.303. The number of nitrogens with zero attached hydrogens (tertiary/aromatic N) is 3. The molecule has 9 heteroatoms. The molecule has 0 unspecified atom stereocenters. The monoisotopic (exact) mass is 514 g/mol. The largest absolute Gasteiger partial charge is 0.438 e. The van der Waals surface area contributed by atoms with E-state index in [2.05, 4.69) is 10.3 Å². The molecule has 0 atom stereocenters. The minimum atomic E-state index is -0.758. The fraction of sp³-hybridized carbons (Fsp3) is 0.214. The number of nitrogens with one attached hydrogen (secondary N) is 1. The van der Waals surface area contributed by atoms with Crippen LogP contribution in [0.3, 0.4) is 0 Å². The molecule has 2 aliphatic rings. The number of carbonyl (C=O) groups is 3. The molecule has 2 aliphatic heterocycles. The maximum absolute atomic E-state index is 13.7. The maximum Gasteiger partial charge on any atom is 0.412 e. The summed E-state index contributed by atoms with van der Waals surface area (Å²) in [4.78, 5) is 44.7. The normalized spacial score (nSPS) is 16.2. The van der Waals surface area contributed by atoms with Crippen molar-refractivity contribution in [2.24, 2.45) is 0 Å². The SMILES string of the molecule is O=C1Nc2ccccc2C2(CCN(C(=O)c3cn(CC(=O)c4ccccn4)c4cc(Cl)ccc34)CC2)O1. The molecule has 0 radical (unpaired) electrons. The molecule has 1 saturated heterocycles. The molecular weight excluding hydrogens is 492 g/mol. The molecule has 2 amide bonds. The van der Waals surface area contributed by atoms with Crippen molar-refractivity contribution in [3.05, 3.63) is 94.9 Å². The van der Waals surface area contributed by atoms with Crippen molar-refractivity contribution in [3.63, 3.8) is 0 Å². The number of ketones is 1. The van der Waals surface area contributed by atoms with Gasteiger partial charge in [0.05, 0.1) is 23.3 Å². The highest BCUT2D eigenvalue weighted by atomic mass is 35.5. The van der Waals surface area contributed by atoms with Crippen LogP contribution in [0.2, 0.25) is 5.02 Å². The molecule has 0 aliphatic carbocycles. The number of para-hydroxylation sites is 1. The number of carbonyl (C=O) groups excluding carboxylic acids is 3. The number of Topliss-reactive ketones (excluding diaryl/α,β-unsaturated/α-hetero) is 1.